The number of sulfonamides is 1. The standard InChI is InChI=1S/C27H34N2O5S/c30-27(28-23-7-3-8-24(18-23)34-19-25-9-4-16-33-25)21-12-14-29(15-13-21)35(31,32)26-11-10-20-5-1-2-6-22(20)17-26/h3,7-8,10-11,17-18,21,25H,1-2,4-6,9,12-16,19H2,(H,28,30). The number of nitrogens with one attached hydrogen (secondary N) is 1. The van der Waals surface area contributed by atoms with Crippen molar-refractivity contribution in [1.82, 2.24) is 4.31 Å². The second-order valence-electron chi connectivity index (χ2n) is 9.78. The van der Waals surface area contributed by atoms with Crippen LogP contribution < -0.4 is 10.1 Å². The number of amides is 1. The zero-order valence-electron chi connectivity index (χ0n) is 20.1. The van der Waals surface area contributed by atoms with Crippen LogP contribution in [0.1, 0.15) is 49.7 Å². The first-order valence-corrected chi connectivity index (χ1v) is 14.2. The van der Waals surface area contributed by atoms with Crippen LogP contribution in [-0.2, 0) is 32.4 Å². The molecule has 2 aromatic rings. The Bertz CT molecular complexity index is 1150. The lowest BCUT2D eigenvalue weighted by Gasteiger charge is -2.31. The van der Waals surface area contributed by atoms with Crippen LogP contribution in [0, 0.1) is 5.92 Å². The molecule has 1 atom stereocenters. The van der Waals surface area contributed by atoms with Crippen molar-refractivity contribution in [2.24, 2.45) is 5.92 Å². The number of aryl methyl sites for hydroxylation is 2. The van der Waals surface area contributed by atoms with Crippen molar-refractivity contribution in [3.8, 4) is 5.75 Å². The van der Waals surface area contributed by atoms with E-state index in [1.54, 1.807) is 6.07 Å². The molecule has 2 fully saturated rings. The number of piperidine rings is 1. The molecular formula is C27H34N2O5S. The van der Waals surface area contributed by atoms with Crippen molar-refractivity contribution in [2.45, 2.75) is 62.4 Å². The summed E-state index contributed by atoms with van der Waals surface area (Å²) in [6.07, 6.45) is 7.48. The molecule has 2 saturated heterocycles. The number of carbonyl (C=O) groups excluding carboxylic acids is 1. The summed E-state index contributed by atoms with van der Waals surface area (Å²) in [6.45, 7) is 2.00. The highest BCUT2D eigenvalue weighted by Crippen LogP contribution is 2.29. The van der Waals surface area contributed by atoms with E-state index < -0.39 is 10.0 Å². The number of nitrogens with zero attached hydrogens (tertiary/aromatic N) is 1. The molecule has 1 N–H and O–H groups in total. The molecule has 1 amide bonds. The Kier molecular flexibility index (Phi) is 7.41. The number of fused-ring (bicyclic) bond motifs is 1. The molecule has 0 spiro atoms. The first-order valence-electron chi connectivity index (χ1n) is 12.8. The highest BCUT2D eigenvalue weighted by molar-refractivity contribution is 7.89. The van der Waals surface area contributed by atoms with Gasteiger partial charge in [-0.1, -0.05) is 12.1 Å². The molecule has 0 radical (unpaired) electrons. The SMILES string of the molecule is O=C(Nc1cccc(OCC2CCCO2)c1)C1CCN(S(=O)(=O)c2ccc3c(c2)CCCC3)CC1. The number of carbonyl (C=O) groups is 1. The summed E-state index contributed by atoms with van der Waals surface area (Å²) in [5, 5.41) is 2.98. The van der Waals surface area contributed by atoms with Gasteiger partial charge in [-0.05, 0) is 86.8 Å². The smallest absolute Gasteiger partial charge is 0.243 e. The molecule has 0 saturated carbocycles. The van der Waals surface area contributed by atoms with Gasteiger partial charge in [0.05, 0.1) is 11.0 Å². The summed E-state index contributed by atoms with van der Waals surface area (Å²) in [5.41, 5.74) is 3.12. The summed E-state index contributed by atoms with van der Waals surface area (Å²) in [5.74, 6) is 0.401. The minimum atomic E-state index is -3.55. The summed E-state index contributed by atoms with van der Waals surface area (Å²) >= 11 is 0. The normalized spacial score (nSPS) is 21.4. The van der Waals surface area contributed by atoms with Crippen LogP contribution in [-0.4, -0.2) is 51.0 Å². The molecule has 0 bridgehead atoms. The Morgan fingerprint density at radius 1 is 1.00 bits per heavy atom. The van der Waals surface area contributed by atoms with Crippen LogP contribution in [0.15, 0.2) is 47.4 Å². The number of ether oxygens (including phenoxy) is 2. The van der Waals surface area contributed by atoms with Crippen LogP contribution >= 0.6 is 0 Å². The van der Waals surface area contributed by atoms with Crippen LogP contribution in [0.2, 0.25) is 0 Å². The molecule has 1 unspecified atom stereocenters. The minimum Gasteiger partial charge on any atom is -0.491 e. The van der Waals surface area contributed by atoms with E-state index in [1.807, 2.05) is 36.4 Å². The van der Waals surface area contributed by atoms with Crippen molar-refractivity contribution in [1.29, 1.82) is 0 Å². The first-order chi connectivity index (χ1) is 17.0. The van der Waals surface area contributed by atoms with Crippen molar-refractivity contribution < 1.29 is 22.7 Å². The fourth-order valence-electron chi connectivity index (χ4n) is 5.25. The number of benzene rings is 2. The van der Waals surface area contributed by atoms with E-state index in [4.69, 9.17) is 9.47 Å². The molecule has 2 aliphatic heterocycles. The van der Waals surface area contributed by atoms with E-state index in [-0.39, 0.29) is 17.9 Å². The third-order valence-corrected chi connectivity index (χ3v) is 9.24. The average Bonchev–Trinajstić information content (AvgIpc) is 3.41. The molecular weight excluding hydrogens is 464 g/mol. The van der Waals surface area contributed by atoms with Crippen molar-refractivity contribution in [3.63, 3.8) is 0 Å². The predicted octanol–water partition coefficient (Wildman–Crippen LogP) is 4.16. The molecule has 35 heavy (non-hydrogen) atoms. The van der Waals surface area contributed by atoms with E-state index in [9.17, 15) is 13.2 Å². The Morgan fingerprint density at radius 2 is 1.80 bits per heavy atom. The molecule has 3 aliphatic rings. The quantitative estimate of drug-likeness (QED) is 0.620. The van der Waals surface area contributed by atoms with Crippen molar-refractivity contribution in [2.75, 3.05) is 31.6 Å². The highest BCUT2D eigenvalue weighted by Gasteiger charge is 2.32. The Morgan fingerprint density at radius 3 is 2.57 bits per heavy atom. The summed E-state index contributed by atoms with van der Waals surface area (Å²) in [4.78, 5) is 13.3. The van der Waals surface area contributed by atoms with E-state index in [0.717, 1.165) is 44.3 Å². The van der Waals surface area contributed by atoms with Crippen LogP contribution in [0.4, 0.5) is 5.69 Å². The van der Waals surface area contributed by atoms with Gasteiger partial charge in [0.25, 0.3) is 0 Å². The van der Waals surface area contributed by atoms with Gasteiger partial charge in [-0.3, -0.25) is 4.79 Å². The van der Waals surface area contributed by atoms with Crippen LogP contribution in [0.5, 0.6) is 5.75 Å². The second-order valence-corrected chi connectivity index (χ2v) is 11.7. The Labute approximate surface area is 207 Å². The third kappa shape index (κ3) is 5.71. The van der Waals surface area contributed by atoms with Crippen molar-refractivity contribution in [3.05, 3.63) is 53.6 Å². The number of anilines is 1. The van der Waals surface area contributed by atoms with Gasteiger partial charge >= 0.3 is 0 Å². The van der Waals surface area contributed by atoms with Gasteiger partial charge in [-0.15, -0.1) is 0 Å². The fourth-order valence-corrected chi connectivity index (χ4v) is 6.77. The van der Waals surface area contributed by atoms with Gasteiger partial charge in [0.1, 0.15) is 12.4 Å². The average molecular weight is 499 g/mol. The maximum absolute atomic E-state index is 13.2. The molecule has 8 heteroatoms. The van der Waals surface area contributed by atoms with E-state index >= 15 is 0 Å². The van der Waals surface area contributed by atoms with Crippen molar-refractivity contribution >= 4 is 21.6 Å². The monoisotopic (exact) mass is 498 g/mol. The zero-order valence-corrected chi connectivity index (χ0v) is 20.9. The lowest BCUT2D eigenvalue weighted by molar-refractivity contribution is -0.120. The minimum absolute atomic E-state index is 0.0768. The molecule has 0 aromatic heterocycles. The molecule has 2 aromatic carbocycles. The summed E-state index contributed by atoms with van der Waals surface area (Å²) in [7, 11) is -3.55. The largest absolute Gasteiger partial charge is 0.491 e. The van der Waals surface area contributed by atoms with Gasteiger partial charge in [-0.2, -0.15) is 4.31 Å². The maximum Gasteiger partial charge on any atom is 0.243 e. The van der Waals surface area contributed by atoms with E-state index in [2.05, 4.69) is 5.32 Å². The molecule has 7 nitrogen and oxygen atoms in total. The lowest BCUT2D eigenvalue weighted by Crippen LogP contribution is -2.41. The summed E-state index contributed by atoms with van der Waals surface area (Å²) < 4.78 is 39.4. The van der Waals surface area contributed by atoms with Gasteiger partial charge in [0.15, 0.2) is 0 Å². The molecule has 188 valence electrons. The predicted molar refractivity (Wildman–Crippen MR) is 134 cm³/mol. The highest BCUT2D eigenvalue weighted by atomic mass is 32.2. The van der Waals surface area contributed by atoms with Gasteiger partial charge in [-0.25, -0.2) is 8.42 Å². The first kappa shape index (κ1) is 24.3. The maximum atomic E-state index is 13.2. The van der Waals surface area contributed by atoms with Crippen LogP contribution in [0.3, 0.4) is 0 Å². The van der Waals surface area contributed by atoms with Gasteiger partial charge < -0.3 is 14.8 Å². The lowest BCUT2D eigenvalue weighted by atomic mass is 9.92. The number of rotatable bonds is 7. The fraction of sp³-hybridized carbons (Fsp3) is 0.519. The van der Waals surface area contributed by atoms with Gasteiger partial charge in [0.2, 0.25) is 15.9 Å². The Hall–Kier alpha value is -2.42. The molecule has 2 heterocycles. The van der Waals surface area contributed by atoms with Gasteiger partial charge in [0, 0.05) is 37.4 Å². The van der Waals surface area contributed by atoms with E-state index in [0.29, 0.717) is 48.9 Å². The Balaban J connectivity index is 1.15. The number of hydrogen-bond donors (Lipinski definition) is 1. The zero-order chi connectivity index (χ0) is 24.3. The number of hydrogen-bond acceptors (Lipinski definition) is 5. The second kappa shape index (κ2) is 10.7. The van der Waals surface area contributed by atoms with Crippen LogP contribution in [0.25, 0.3) is 0 Å². The molecule has 1 aliphatic carbocycles. The summed E-state index contributed by atoms with van der Waals surface area (Å²) in [6, 6.07) is 13.0. The third-order valence-electron chi connectivity index (χ3n) is 7.34. The molecule has 5 rings (SSSR count). The topological polar surface area (TPSA) is 84.9 Å². The van der Waals surface area contributed by atoms with E-state index in [1.165, 1.54) is 16.3 Å².